The van der Waals surface area contributed by atoms with Gasteiger partial charge in [-0.1, -0.05) is 19.9 Å². The van der Waals surface area contributed by atoms with Crippen molar-refractivity contribution >= 4 is 29.9 Å². The number of nitrogens with zero attached hydrogens (tertiary/aromatic N) is 1. The standard InChI is InChI=1S/C13H27N3.HI/c1-6-10-15-13(14-7-2)16-12(5)9-8-11(3)4;/h6,11-12H,1,7-10H2,2-5H3,(H2,14,15,16);1H. The second kappa shape index (κ2) is 12.2. The number of hydrogen-bond donors (Lipinski definition) is 2. The maximum Gasteiger partial charge on any atom is 0.191 e. The van der Waals surface area contributed by atoms with E-state index >= 15 is 0 Å². The molecule has 0 rings (SSSR count). The zero-order valence-electron chi connectivity index (χ0n) is 11.6. The van der Waals surface area contributed by atoms with Crippen LogP contribution in [0.5, 0.6) is 0 Å². The lowest BCUT2D eigenvalue weighted by atomic mass is 10.0. The van der Waals surface area contributed by atoms with Crippen molar-refractivity contribution in [2.45, 2.75) is 46.6 Å². The van der Waals surface area contributed by atoms with E-state index in [9.17, 15) is 0 Å². The minimum Gasteiger partial charge on any atom is -0.357 e. The molecule has 0 heterocycles. The third-order valence-electron chi connectivity index (χ3n) is 2.28. The van der Waals surface area contributed by atoms with Crippen LogP contribution in [0.4, 0.5) is 0 Å². The summed E-state index contributed by atoms with van der Waals surface area (Å²) < 4.78 is 0. The van der Waals surface area contributed by atoms with E-state index < -0.39 is 0 Å². The predicted octanol–water partition coefficient (Wildman–Crippen LogP) is 3.17. The van der Waals surface area contributed by atoms with Crippen LogP contribution in [0.1, 0.15) is 40.5 Å². The van der Waals surface area contributed by atoms with Crippen molar-refractivity contribution in [2.75, 3.05) is 13.1 Å². The van der Waals surface area contributed by atoms with Gasteiger partial charge in [0.2, 0.25) is 0 Å². The average Bonchev–Trinajstić information content (AvgIpc) is 2.23. The normalized spacial score (nSPS) is 12.9. The van der Waals surface area contributed by atoms with Gasteiger partial charge in [0.25, 0.3) is 0 Å². The van der Waals surface area contributed by atoms with E-state index in [4.69, 9.17) is 0 Å². The molecule has 102 valence electrons. The molecule has 0 spiro atoms. The molecule has 0 bridgehead atoms. The molecule has 0 saturated carbocycles. The Morgan fingerprint density at radius 3 is 2.41 bits per heavy atom. The molecule has 0 radical (unpaired) electrons. The first-order valence-electron chi connectivity index (χ1n) is 6.25. The van der Waals surface area contributed by atoms with E-state index in [0.717, 1.165) is 18.4 Å². The SMILES string of the molecule is C=CCN=C(NCC)NC(C)CCC(C)C.I. The molecule has 0 aromatic heterocycles. The molecule has 1 unspecified atom stereocenters. The van der Waals surface area contributed by atoms with Crippen molar-refractivity contribution in [2.24, 2.45) is 10.9 Å². The van der Waals surface area contributed by atoms with Gasteiger partial charge in [0, 0.05) is 12.6 Å². The molecule has 1 atom stereocenters. The van der Waals surface area contributed by atoms with Crippen LogP contribution in [0, 0.1) is 5.92 Å². The van der Waals surface area contributed by atoms with Gasteiger partial charge in [-0.15, -0.1) is 30.6 Å². The summed E-state index contributed by atoms with van der Waals surface area (Å²) in [5, 5.41) is 6.63. The van der Waals surface area contributed by atoms with Crippen molar-refractivity contribution in [3.63, 3.8) is 0 Å². The minimum atomic E-state index is 0. The number of rotatable bonds is 7. The lowest BCUT2D eigenvalue weighted by Gasteiger charge is -2.18. The summed E-state index contributed by atoms with van der Waals surface area (Å²) in [6.07, 6.45) is 4.23. The van der Waals surface area contributed by atoms with Gasteiger partial charge in [-0.2, -0.15) is 0 Å². The largest absolute Gasteiger partial charge is 0.357 e. The maximum absolute atomic E-state index is 4.38. The van der Waals surface area contributed by atoms with Crippen LogP contribution in [-0.2, 0) is 0 Å². The summed E-state index contributed by atoms with van der Waals surface area (Å²) in [4.78, 5) is 4.38. The fraction of sp³-hybridized carbons (Fsp3) is 0.769. The Morgan fingerprint density at radius 2 is 1.94 bits per heavy atom. The number of aliphatic imine (C=N–C) groups is 1. The molecule has 0 fully saturated rings. The van der Waals surface area contributed by atoms with Gasteiger partial charge in [0.15, 0.2) is 5.96 Å². The minimum absolute atomic E-state index is 0. The van der Waals surface area contributed by atoms with E-state index in [1.165, 1.54) is 12.8 Å². The summed E-state index contributed by atoms with van der Waals surface area (Å²) >= 11 is 0. The van der Waals surface area contributed by atoms with E-state index in [1.54, 1.807) is 6.08 Å². The van der Waals surface area contributed by atoms with Gasteiger partial charge >= 0.3 is 0 Å². The smallest absolute Gasteiger partial charge is 0.191 e. The van der Waals surface area contributed by atoms with E-state index in [-0.39, 0.29) is 24.0 Å². The van der Waals surface area contributed by atoms with Crippen LogP contribution < -0.4 is 10.6 Å². The van der Waals surface area contributed by atoms with Crippen LogP contribution in [0.25, 0.3) is 0 Å². The predicted molar refractivity (Wildman–Crippen MR) is 88.3 cm³/mol. The van der Waals surface area contributed by atoms with Crippen molar-refractivity contribution in [3.8, 4) is 0 Å². The van der Waals surface area contributed by atoms with E-state index in [0.29, 0.717) is 12.6 Å². The first-order valence-corrected chi connectivity index (χ1v) is 6.25. The molecule has 0 amide bonds. The molecule has 3 nitrogen and oxygen atoms in total. The van der Waals surface area contributed by atoms with Gasteiger partial charge in [-0.3, -0.25) is 0 Å². The third kappa shape index (κ3) is 12.0. The average molecular weight is 353 g/mol. The van der Waals surface area contributed by atoms with Crippen molar-refractivity contribution in [1.29, 1.82) is 0 Å². The highest BCUT2D eigenvalue weighted by Gasteiger charge is 2.05. The van der Waals surface area contributed by atoms with Crippen LogP contribution in [-0.4, -0.2) is 25.1 Å². The molecule has 0 aromatic rings. The number of guanidine groups is 1. The van der Waals surface area contributed by atoms with Crippen molar-refractivity contribution in [1.82, 2.24) is 10.6 Å². The first kappa shape index (κ1) is 19.1. The van der Waals surface area contributed by atoms with E-state index in [1.807, 2.05) is 0 Å². The Hall–Kier alpha value is -0.260. The zero-order chi connectivity index (χ0) is 12.4. The summed E-state index contributed by atoms with van der Waals surface area (Å²) in [5.74, 6) is 1.65. The monoisotopic (exact) mass is 353 g/mol. The van der Waals surface area contributed by atoms with E-state index in [2.05, 4.69) is 49.9 Å². The van der Waals surface area contributed by atoms with Crippen LogP contribution >= 0.6 is 24.0 Å². The highest BCUT2D eigenvalue weighted by Crippen LogP contribution is 2.06. The molecular weight excluding hydrogens is 325 g/mol. The maximum atomic E-state index is 4.38. The fourth-order valence-electron chi connectivity index (χ4n) is 1.36. The summed E-state index contributed by atoms with van der Waals surface area (Å²) in [6, 6.07) is 0.463. The quantitative estimate of drug-likeness (QED) is 0.319. The van der Waals surface area contributed by atoms with Crippen molar-refractivity contribution in [3.05, 3.63) is 12.7 Å². The van der Waals surface area contributed by atoms with Gasteiger partial charge in [0.1, 0.15) is 0 Å². The first-order chi connectivity index (χ1) is 7.60. The lowest BCUT2D eigenvalue weighted by Crippen LogP contribution is -2.42. The highest BCUT2D eigenvalue weighted by atomic mass is 127. The Bertz CT molecular complexity index is 215. The molecule has 0 aliphatic carbocycles. The summed E-state index contributed by atoms with van der Waals surface area (Å²) in [5.41, 5.74) is 0. The molecular formula is C13H28IN3. The molecule has 0 aliphatic rings. The van der Waals surface area contributed by atoms with Crippen LogP contribution in [0.2, 0.25) is 0 Å². The fourth-order valence-corrected chi connectivity index (χ4v) is 1.36. The Balaban J connectivity index is 0. The third-order valence-corrected chi connectivity index (χ3v) is 2.28. The molecule has 0 aromatic carbocycles. The number of halogens is 1. The molecule has 2 N–H and O–H groups in total. The second-order valence-corrected chi connectivity index (χ2v) is 4.52. The van der Waals surface area contributed by atoms with Gasteiger partial charge < -0.3 is 10.6 Å². The van der Waals surface area contributed by atoms with Crippen LogP contribution in [0.3, 0.4) is 0 Å². The summed E-state index contributed by atoms with van der Waals surface area (Å²) in [7, 11) is 0. The highest BCUT2D eigenvalue weighted by molar-refractivity contribution is 14.0. The molecule has 4 heteroatoms. The number of nitrogens with one attached hydrogen (secondary N) is 2. The Labute approximate surface area is 124 Å². The Morgan fingerprint density at radius 1 is 1.29 bits per heavy atom. The topological polar surface area (TPSA) is 36.4 Å². The molecule has 0 saturated heterocycles. The van der Waals surface area contributed by atoms with Gasteiger partial charge in [-0.05, 0) is 32.6 Å². The zero-order valence-corrected chi connectivity index (χ0v) is 14.0. The van der Waals surface area contributed by atoms with Crippen molar-refractivity contribution < 1.29 is 0 Å². The molecule has 17 heavy (non-hydrogen) atoms. The van der Waals surface area contributed by atoms with Gasteiger partial charge in [-0.25, -0.2) is 4.99 Å². The van der Waals surface area contributed by atoms with Crippen LogP contribution in [0.15, 0.2) is 17.6 Å². The molecule has 0 aliphatic heterocycles. The summed E-state index contributed by atoms with van der Waals surface area (Å²) in [6.45, 7) is 14.0. The lowest BCUT2D eigenvalue weighted by molar-refractivity contribution is 0.489. The van der Waals surface area contributed by atoms with Gasteiger partial charge in [0.05, 0.1) is 6.54 Å². The Kier molecular flexibility index (Phi) is 13.7. The second-order valence-electron chi connectivity index (χ2n) is 4.52. The number of hydrogen-bond acceptors (Lipinski definition) is 1.